The first kappa shape index (κ1) is 14.4. The van der Waals surface area contributed by atoms with Gasteiger partial charge in [0.25, 0.3) is 0 Å². The molecule has 0 aliphatic carbocycles. The van der Waals surface area contributed by atoms with Gasteiger partial charge in [-0.05, 0) is 25.8 Å². The van der Waals surface area contributed by atoms with Crippen molar-refractivity contribution in [2.45, 2.75) is 38.3 Å². The van der Waals surface area contributed by atoms with E-state index in [0.717, 1.165) is 37.9 Å². The summed E-state index contributed by atoms with van der Waals surface area (Å²) in [6.07, 6.45) is 4.14. The van der Waals surface area contributed by atoms with Crippen molar-refractivity contribution in [1.29, 1.82) is 0 Å². The van der Waals surface area contributed by atoms with E-state index in [2.05, 4.69) is 14.9 Å². The lowest BCUT2D eigenvalue weighted by molar-refractivity contribution is 0.110. The third kappa shape index (κ3) is 3.06. The highest BCUT2D eigenvalue weighted by molar-refractivity contribution is 5.75. The van der Waals surface area contributed by atoms with E-state index in [-0.39, 0.29) is 6.61 Å². The quantitative estimate of drug-likeness (QED) is 0.911. The molecule has 3 rings (SSSR count). The first-order valence-corrected chi connectivity index (χ1v) is 7.36. The van der Waals surface area contributed by atoms with Crippen molar-refractivity contribution < 1.29 is 13.9 Å². The van der Waals surface area contributed by atoms with Crippen molar-refractivity contribution in [1.82, 2.24) is 14.9 Å². The fraction of sp³-hybridized carbons (Fsp3) is 0.533. The molecule has 1 atom stereocenters. The zero-order valence-electron chi connectivity index (χ0n) is 11.8. The number of piperidine rings is 1. The molecule has 1 aromatic heterocycles. The van der Waals surface area contributed by atoms with E-state index in [9.17, 15) is 8.78 Å². The number of aromatic nitrogens is 2. The molecule has 21 heavy (non-hydrogen) atoms. The second-order valence-corrected chi connectivity index (χ2v) is 5.60. The largest absolute Gasteiger partial charge is 0.396 e. The number of rotatable bonds is 4. The summed E-state index contributed by atoms with van der Waals surface area (Å²) in [6.45, 7) is 1.75. The average molecular weight is 295 g/mol. The summed E-state index contributed by atoms with van der Waals surface area (Å²) in [4.78, 5) is 9.67. The number of hydrogen-bond donors (Lipinski definition) is 2. The molecule has 0 bridgehead atoms. The zero-order valence-corrected chi connectivity index (χ0v) is 11.8. The molecule has 0 saturated carbocycles. The Kier molecular flexibility index (Phi) is 4.17. The number of benzene rings is 1. The Morgan fingerprint density at radius 1 is 1.29 bits per heavy atom. The Morgan fingerprint density at radius 2 is 2.10 bits per heavy atom. The summed E-state index contributed by atoms with van der Waals surface area (Å²) in [5.41, 5.74) is 0.958. The maximum Gasteiger partial charge on any atom is 0.161 e. The first-order valence-electron chi connectivity index (χ1n) is 7.36. The fourth-order valence-corrected chi connectivity index (χ4v) is 3.07. The molecule has 6 heteroatoms. The van der Waals surface area contributed by atoms with Crippen LogP contribution in [0.15, 0.2) is 12.1 Å². The molecule has 1 fully saturated rings. The van der Waals surface area contributed by atoms with Crippen molar-refractivity contribution in [3.63, 3.8) is 0 Å². The molecule has 1 aliphatic rings. The van der Waals surface area contributed by atoms with Gasteiger partial charge in [-0.1, -0.05) is 6.42 Å². The van der Waals surface area contributed by atoms with Crippen LogP contribution in [-0.4, -0.2) is 39.2 Å². The van der Waals surface area contributed by atoms with E-state index in [1.807, 2.05) is 0 Å². The summed E-state index contributed by atoms with van der Waals surface area (Å²) < 4.78 is 26.4. The molecule has 1 unspecified atom stereocenters. The van der Waals surface area contributed by atoms with Crippen LogP contribution in [0.2, 0.25) is 0 Å². The number of aliphatic hydroxyl groups is 1. The highest BCUT2D eigenvalue weighted by Gasteiger charge is 2.23. The lowest BCUT2D eigenvalue weighted by Gasteiger charge is -2.34. The topological polar surface area (TPSA) is 52.1 Å². The predicted molar refractivity (Wildman–Crippen MR) is 75.8 cm³/mol. The second-order valence-electron chi connectivity index (χ2n) is 5.60. The number of imidazole rings is 1. The minimum atomic E-state index is -0.878. The molecule has 2 heterocycles. The van der Waals surface area contributed by atoms with Crippen molar-refractivity contribution in [2.24, 2.45) is 0 Å². The third-order valence-electron chi connectivity index (χ3n) is 4.14. The molecule has 1 saturated heterocycles. The minimum Gasteiger partial charge on any atom is -0.396 e. The molecule has 0 amide bonds. The van der Waals surface area contributed by atoms with Gasteiger partial charge >= 0.3 is 0 Å². The van der Waals surface area contributed by atoms with Gasteiger partial charge in [0.1, 0.15) is 5.82 Å². The summed E-state index contributed by atoms with van der Waals surface area (Å²) >= 11 is 0. The summed E-state index contributed by atoms with van der Waals surface area (Å²) in [5.74, 6) is -1.04. The van der Waals surface area contributed by atoms with Gasteiger partial charge in [0.2, 0.25) is 0 Å². The van der Waals surface area contributed by atoms with Crippen LogP contribution in [0.5, 0.6) is 0 Å². The van der Waals surface area contributed by atoms with Crippen molar-refractivity contribution in [3.05, 3.63) is 29.6 Å². The second kappa shape index (κ2) is 6.07. The van der Waals surface area contributed by atoms with Crippen LogP contribution >= 0.6 is 0 Å². The maximum absolute atomic E-state index is 13.2. The maximum atomic E-state index is 13.2. The van der Waals surface area contributed by atoms with E-state index in [1.165, 1.54) is 6.42 Å². The Morgan fingerprint density at radius 3 is 2.90 bits per heavy atom. The van der Waals surface area contributed by atoms with Crippen molar-refractivity contribution in [2.75, 3.05) is 13.2 Å². The monoisotopic (exact) mass is 295 g/mol. The Labute approximate surface area is 121 Å². The lowest BCUT2D eigenvalue weighted by Crippen LogP contribution is -2.39. The number of H-pyrrole nitrogens is 1. The first-order chi connectivity index (χ1) is 10.2. The van der Waals surface area contributed by atoms with Gasteiger partial charge in [-0.25, -0.2) is 13.8 Å². The molecular formula is C15H19F2N3O. The van der Waals surface area contributed by atoms with Crippen LogP contribution in [0.4, 0.5) is 8.78 Å². The predicted octanol–water partition coefficient (Wildman–Crippen LogP) is 2.58. The number of likely N-dealkylation sites (tertiary alicyclic amines) is 1. The third-order valence-corrected chi connectivity index (χ3v) is 4.14. The van der Waals surface area contributed by atoms with E-state index in [0.29, 0.717) is 29.4 Å². The Balaban J connectivity index is 1.80. The highest BCUT2D eigenvalue weighted by atomic mass is 19.2. The van der Waals surface area contributed by atoms with Crippen LogP contribution in [0.1, 0.15) is 31.5 Å². The highest BCUT2D eigenvalue weighted by Crippen LogP contribution is 2.22. The summed E-state index contributed by atoms with van der Waals surface area (Å²) in [6, 6.07) is 2.61. The van der Waals surface area contributed by atoms with Gasteiger partial charge in [0, 0.05) is 24.8 Å². The van der Waals surface area contributed by atoms with Gasteiger partial charge in [-0.2, -0.15) is 0 Å². The molecule has 0 spiro atoms. The number of nitrogens with zero attached hydrogens (tertiary/aromatic N) is 2. The normalized spacial score (nSPS) is 20.2. The number of fused-ring (bicyclic) bond motifs is 1. The minimum absolute atomic E-state index is 0.178. The van der Waals surface area contributed by atoms with E-state index in [4.69, 9.17) is 5.11 Å². The molecular weight excluding hydrogens is 276 g/mol. The molecule has 4 nitrogen and oxygen atoms in total. The van der Waals surface area contributed by atoms with Crippen LogP contribution < -0.4 is 0 Å². The Hall–Kier alpha value is -1.53. The van der Waals surface area contributed by atoms with E-state index >= 15 is 0 Å². The number of aliphatic hydroxyl groups excluding tert-OH is 1. The van der Waals surface area contributed by atoms with Gasteiger partial charge in [-0.15, -0.1) is 0 Å². The van der Waals surface area contributed by atoms with Gasteiger partial charge in [-0.3, -0.25) is 4.90 Å². The number of nitrogens with one attached hydrogen (secondary N) is 1. The standard InChI is InChI=1S/C15H19F2N3O/c16-11-7-13-14(8-12(11)17)19-15(18-13)9-20-5-2-1-3-10(20)4-6-21/h7-8,10,21H,1-6,9H2,(H,18,19). The SMILES string of the molecule is OCCC1CCCCN1Cc1nc2cc(F)c(F)cc2[nH]1. The zero-order chi connectivity index (χ0) is 14.8. The molecule has 0 radical (unpaired) electrons. The average Bonchev–Trinajstić information content (AvgIpc) is 2.83. The fourth-order valence-electron chi connectivity index (χ4n) is 3.07. The van der Waals surface area contributed by atoms with Gasteiger partial charge in [0.05, 0.1) is 17.6 Å². The van der Waals surface area contributed by atoms with Crippen LogP contribution in [0, 0.1) is 11.6 Å². The van der Waals surface area contributed by atoms with Crippen LogP contribution in [0.3, 0.4) is 0 Å². The lowest BCUT2D eigenvalue weighted by atomic mass is 10.00. The molecule has 1 aliphatic heterocycles. The van der Waals surface area contributed by atoms with E-state index in [1.54, 1.807) is 0 Å². The number of hydrogen-bond acceptors (Lipinski definition) is 3. The smallest absolute Gasteiger partial charge is 0.161 e. The van der Waals surface area contributed by atoms with Crippen LogP contribution in [-0.2, 0) is 6.54 Å². The van der Waals surface area contributed by atoms with E-state index < -0.39 is 11.6 Å². The van der Waals surface area contributed by atoms with Crippen molar-refractivity contribution in [3.8, 4) is 0 Å². The van der Waals surface area contributed by atoms with Gasteiger partial charge < -0.3 is 10.1 Å². The number of halogens is 2. The summed E-state index contributed by atoms with van der Waals surface area (Å²) in [5, 5.41) is 9.14. The Bertz CT molecular complexity index is 588. The van der Waals surface area contributed by atoms with Crippen LogP contribution in [0.25, 0.3) is 11.0 Å². The number of aromatic amines is 1. The van der Waals surface area contributed by atoms with Crippen molar-refractivity contribution >= 4 is 11.0 Å². The summed E-state index contributed by atoms with van der Waals surface area (Å²) in [7, 11) is 0. The molecule has 2 N–H and O–H groups in total. The molecule has 1 aromatic carbocycles. The van der Waals surface area contributed by atoms with Gasteiger partial charge in [0.15, 0.2) is 11.6 Å². The molecule has 114 valence electrons. The molecule has 2 aromatic rings.